The van der Waals surface area contributed by atoms with E-state index in [1.807, 2.05) is 12.1 Å². The highest BCUT2D eigenvalue weighted by Crippen LogP contribution is 2.36. The van der Waals surface area contributed by atoms with Crippen LogP contribution >= 0.6 is 0 Å². The molecular weight excluding hydrogens is 253 g/mol. The van der Waals surface area contributed by atoms with Gasteiger partial charge >= 0.3 is 7.12 Å². The second kappa shape index (κ2) is 4.74. The van der Waals surface area contributed by atoms with E-state index in [0.29, 0.717) is 12.0 Å². The third-order valence-electron chi connectivity index (χ3n) is 4.62. The molecule has 0 spiro atoms. The molecule has 2 fully saturated rings. The van der Waals surface area contributed by atoms with Crippen molar-refractivity contribution in [3.8, 4) is 5.88 Å². The Balaban J connectivity index is 1.76. The molecule has 1 aromatic rings. The predicted octanol–water partition coefficient (Wildman–Crippen LogP) is 2.31. The van der Waals surface area contributed by atoms with Crippen LogP contribution in [0.1, 0.15) is 47.0 Å². The Labute approximate surface area is 121 Å². The molecule has 1 aromatic heterocycles. The molecule has 0 N–H and O–H groups in total. The Morgan fingerprint density at radius 2 is 1.85 bits per heavy atom. The lowest BCUT2D eigenvalue weighted by Crippen LogP contribution is -2.41. The van der Waals surface area contributed by atoms with Crippen LogP contribution in [0.4, 0.5) is 0 Å². The minimum absolute atomic E-state index is 0.323. The van der Waals surface area contributed by atoms with Crippen molar-refractivity contribution >= 4 is 12.6 Å². The summed E-state index contributed by atoms with van der Waals surface area (Å²) in [7, 11) is -0.355. The number of pyridine rings is 1. The van der Waals surface area contributed by atoms with E-state index in [4.69, 9.17) is 14.0 Å². The molecule has 0 aromatic carbocycles. The predicted molar refractivity (Wildman–Crippen MR) is 78.2 cm³/mol. The first-order valence-electron chi connectivity index (χ1n) is 7.36. The zero-order valence-electron chi connectivity index (χ0n) is 12.7. The van der Waals surface area contributed by atoms with Crippen LogP contribution in [0.2, 0.25) is 0 Å². The quantitative estimate of drug-likeness (QED) is 0.794. The molecule has 1 aliphatic heterocycles. The van der Waals surface area contributed by atoms with Gasteiger partial charge in [0, 0.05) is 12.3 Å². The normalized spacial score (nSPS) is 24.5. The Bertz CT molecular complexity index is 484. The minimum Gasteiger partial charge on any atom is -0.474 e. The van der Waals surface area contributed by atoms with Gasteiger partial charge in [-0.05, 0) is 58.5 Å². The standard InChI is InChI=1S/C15H22BNO3/c1-14(2)15(3,4)20-16(19-14)11-8-9-17-13(10-11)18-12-6-5-7-12/h8-10,12H,5-7H2,1-4H3. The maximum Gasteiger partial charge on any atom is 0.495 e. The molecule has 0 bridgehead atoms. The van der Waals surface area contributed by atoms with Crippen molar-refractivity contribution in [1.82, 2.24) is 4.98 Å². The van der Waals surface area contributed by atoms with Gasteiger partial charge in [0.1, 0.15) is 6.10 Å². The minimum atomic E-state index is -0.355. The molecule has 2 aliphatic rings. The van der Waals surface area contributed by atoms with Gasteiger partial charge in [-0.2, -0.15) is 0 Å². The van der Waals surface area contributed by atoms with E-state index in [9.17, 15) is 0 Å². The average molecular weight is 275 g/mol. The summed E-state index contributed by atoms with van der Waals surface area (Å²) in [5.74, 6) is 0.668. The Morgan fingerprint density at radius 3 is 2.40 bits per heavy atom. The first kappa shape index (κ1) is 13.9. The van der Waals surface area contributed by atoms with Gasteiger partial charge in [0.25, 0.3) is 0 Å². The van der Waals surface area contributed by atoms with Crippen LogP contribution in [0.3, 0.4) is 0 Å². The van der Waals surface area contributed by atoms with Crippen LogP contribution in [-0.4, -0.2) is 29.4 Å². The molecule has 0 unspecified atom stereocenters. The number of rotatable bonds is 3. The van der Waals surface area contributed by atoms with Gasteiger partial charge in [-0.15, -0.1) is 0 Å². The van der Waals surface area contributed by atoms with E-state index in [0.717, 1.165) is 18.3 Å². The van der Waals surface area contributed by atoms with Crippen molar-refractivity contribution in [3.63, 3.8) is 0 Å². The van der Waals surface area contributed by atoms with Gasteiger partial charge in [-0.3, -0.25) is 0 Å². The zero-order valence-corrected chi connectivity index (χ0v) is 12.7. The summed E-state index contributed by atoms with van der Waals surface area (Å²) in [6.45, 7) is 8.22. The number of ether oxygens (including phenoxy) is 1. The lowest BCUT2D eigenvalue weighted by molar-refractivity contribution is 0.00578. The van der Waals surface area contributed by atoms with Crippen molar-refractivity contribution in [2.45, 2.75) is 64.3 Å². The molecule has 1 saturated heterocycles. The maximum atomic E-state index is 6.04. The fraction of sp³-hybridized carbons (Fsp3) is 0.667. The first-order chi connectivity index (χ1) is 9.37. The van der Waals surface area contributed by atoms with E-state index >= 15 is 0 Å². The topological polar surface area (TPSA) is 40.6 Å². The number of nitrogens with zero attached hydrogens (tertiary/aromatic N) is 1. The summed E-state index contributed by atoms with van der Waals surface area (Å²) >= 11 is 0. The monoisotopic (exact) mass is 275 g/mol. The highest BCUT2D eigenvalue weighted by atomic mass is 16.7. The van der Waals surface area contributed by atoms with Gasteiger partial charge in [0.15, 0.2) is 0 Å². The summed E-state index contributed by atoms with van der Waals surface area (Å²) in [6, 6.07) is 3.86. The fourth-order valence-corrected chi connectivity index (χ4v) is 2.27. The summed E-state index contributed by atoms with van der Waals surface area (Å²) in [6.07, 6.45) is 5.59. The highest BCUT2D eigenvalue weighted by molar-refractivity contribution is 6.62. The molecule has 0 atom stereocenters. The van der Waals surface area contributed by atoms with E-state index in [1.165, 1.54) is 6.42 Å². The molecular formula is C15H22BNO3. The van der Waals surface area contributed by atoms with Crippen molar-refractivity contribution in [3.05, 3.63) is 18.3 Å². The van der Waals surface area contributed by atoms with Crippen molar-refractivity contribution in [2.75, 3.05) is 0 Å². The molecule has 3 rings (SSSR count). The molecule has 20 heavy (non-hydrogen) atoms. The van der Waals surface area contributed by atoms with Crippen molar-refractivity contribution in [1.29, 1.82) is 0 Å². The Morgan fingerprint density at radius 1 is 1.20 bits per heavy atom. The largest absolute Gasteiger partial charge is 0.495 e. The summed E-state index contributed by atoms with van der Waals surface area (Å²) in [4.78, 5) is 4.27. The number of aromatic nitrogens is 1. The van der Waals surface area contributed by atoms with Gasteiger partial charge in [0.2, 0.25) is 5.88 Å². The van der Waals surface area contributed by atoms with Crippen LogP contribution in [0.15, 0.2) is 18.3 Å². The van der Waals surface area contributed by atoms with Gasteiger partial charge < -0.3 is 14.0 Å². The molecule has 1 saturated carbocycles. The Kier molecular flexibility index (Phi) is 3.29. The Hall–Kier alpha value is -1.07. The molecule has 1 aliphatic carbocycles. The summed E-state index contributed by atoms with van der Waals surface area (Å²) in [5.41, 5.74) is 0.319. The molecule has 5 heteroatoms. The van der Waals surface area contributed by atoms with Crippen LogP contribution in [0.5, 0.6) is 5.88 Å². The molecule has 0 amide bonds. The second-order valence-corrected chi connectivity index (χ2v) is 6.69. The van der Waals surface area contributed by atoms with E-state index in [1.54, 1.807) is 6.20 Å². The number of hydrogen-bond donors (Lipinski definition) is 0. The smallest absolute Gasteiger partial charge is 0.474 e. The SMILES string of the molecule is CC1(C)OB(c2ccnc(OC3CCC3)c2)OC1(C)C. The summed E-state index contributed by atoms with van der Waals surface area (Å²) in [5, 5.41) is 0. The second-order valence-electron chi connectivity index (χ2n) is 6.69. The lowest BCUT2D eigenvalue weighted by atomic mass is 9.80. The van der Waals surface area contributed by atoms with Crippen molar-refractivity contribution < 1.29 is 14.0 Å². The average Bonchev–Trinajstić information content (AvgIpc) is 2.54. The lowest BCUT2D eigenvalue weighted by Gasteiger charge is -2.32. The number of hydrogen-bond acceptors (Lipinski definition) is 4. The maximum absolute atomic E-state index is 6.04. The van der Waals surface area contributed by atoms with Crippen molar-refractivity contribution in [2.24, 2.45) is 0 Å². The molecule has 0 radical (unpaired) electrons. The van der Waals surface area contributed by atoms with Gasteiger partial charge in [-0.25, -0.2) is 4.98 Å². The summed E-state index contributed by atoms with van der Waals surface area (Å²) < 4.78 is 17.9. The zero-order chi connectivity index (χ0) is 14.4. The molecule has 108 valence electrons. The molecule has 4 nitrogen and oxygen atoms in total. The van der Waals surface area contributed by atoms with E-state index in [2.05, 4.69) is 32.7 Å². The van der Waals surface area contributed by atoms with E-state index in [-0.39, 0.29) is 18.3 Å². The van der Waals surface area contributed by atoms with Crippen LogP contribution < -0.4 is 10.2 Å². The first-order valence-corrected chi connectivity index (χ1v) is 7.36. The van der Waals surface area contributed by atoms with Crippen LogP contribution in [0, 0.1) is 0 Å². The van der Waals surface area contributed by atoms with Crippen LogP contribution in [0.25, 0.3) is 0 Å². The molecule has 2 heterocycles. The third-order valence-corrected chi connectivity index (χ3v) is 4.62. The fourth-order valence-electron chi connectivity index (χ4n) is 2.27. The van der Waals surface area contributed by atoms with Gasteiger partial charge in [-0.1, -0.05) is 0 Å². The third kappa shape index (κ3) is 2.45. The van der Waals surface area contributed by atoms with Gasteiger partial charge in [0.05, 0.1) is 11.2 Å². The van der Waals surface area contributed by atoms with Crippen LogP contribution in [-0.2, 0) is 9.31 Å². The highest BCUT2D eigenvalue weighted by Gasteiger charge is 2.51. The van der Waals surface area contributed by atoms with E-state index < -0.39 is 0 Å².